The molecule has 0 bridgehead atoms. The number of carboxylic acids is 2. The molecule has 0 unspecified atom stereocenters. The lowest BCUT2D eigenvalue weighted by atomic mass is 9.94. The Labute approximate surface area is 147 Å². The van der Waals surface area contributed by atoms with Crippen LogP contribution in [0, 0.1) is 0 Å². The molecule has 1 aromatic heterocycles. The van der Waals surface area contributed by atoms with E-state index in [1.807, 2.05) is 11.9 Å². The number of aromatic nitrogens is 1. The van der Waals surface area contributed by atoms with E-state index >= 15 is 0 Å². The summed E-state index contributed by atoms with van der Waals surface area (Å²) in [5, 5.41) is 28.4. The molecule has 0 amide bonds. The fourth-order valence-electron chi connectivity index (χ4n) is 2.55. The zero-order valence-electron chi connectivity index (χ0n) is 13.9. The number of carboxylic acid groups (broad SMARTS) is 2. The van der Waals surface area contributed by atoms with Gasteiger partial charge < -0.3 is 30.8 Å². The zero-order valence-corrected chi connectivity index (χ0v) is 13.9. The number of hydrogen-bond acceptors (Lipinski definition) is 6. The molecule has 6 N–H and O–H groups in total. The van der Waals surface area contributed by atoms with Gasteiger partial charge in [-0.2, -0.15) is 0 Å². The summed E-state index contributed by atoms with van der Waals surface area (Å²) in [7, 11) is 0. The maximum Gasteiger partial charge on any atom is 0.342 e. The number of pyridine rings is 1. The summed E-state index contributed by atoms with van der Waals surface area (Å²) in [5.41, 5.74) is 3.40. The molecule has 1 heterocycles. The van der Waals surface area contributed by atoms with Crippen LogP contribution in [0.25, 0.3) is 11.1 Å². The van der Waals surface area contributed by atoms with Crippen molar-refractivity contribution in [1.29, 1.82) is 0 Å². The van der Waals surface area contributed by atoms with E-state index in [2.05, 4.69) is 0 Å². The fraction of sp³-hybridized carbons (Fsp3) is 0.235. The molecule has 9 heteroatoms. The molecule has 9 nitrogen and oxygen atoms in total. The van der Waals surface area contributed by atoms with Crippen LogP contribution in [0.5, 0.6) is 5.75 Å². The van der Waals surface area contributed by atoms with E-state index in [0.717, 1.165) is 6.42 Å². The normalized spacial score (nSPS) is 10.5. The van der Waals surface area contributed by atoms with E-state index in [4.69, 9.17) is 10.5 Å². The molecule has 0 aliphatic heterocycles. The van der Waals surface area contributed by atoms with E-state index < -0.39 is 41.0 Å². The van der Waals surface area contributed by atoms with Crippen molar-refractivity contribution in [2.45, 2.75) is 20.0 Å². The van der Waals surface area contributed by atoms with Gasteiger partial charge in [0.1, 0.15) is 22.7 Å². The first-order valence-electron chi connectivity index (χ1n) is 7.71. The van der Waals surface area contributed by atoms with Crippen LogP contribution >= 0.6 is 0 Å². The summed E-state index contributed by atoms with van der Waals surface area (Å²) < 4.78 is 5.49. The first kappa shape index (κ1) is 19.0. The quantitative estimate of drug-likeness (QED) is 0.492. The molecular formula is C17H18N2O7. The first-order chi connectivity index (χ1) is 12.3. The van der Waals surface area contributed by atoms with E-state index in [1.165, 1.54) is 18.2 Å². The third kappa shape index (κ3) is 3.52. The minimum absolute atomic E-state index is 0.116. The minimum Gasteiger partial charge on any atom is -0.493 e. The van der Waals surface area contributed by atoms with Gasteiger partial charge in [0.05, 0.1) is 13.2 Å². The summed E-state index contributed by atoms with van der Waals surface area (Å²) in [4.78, 5) is 37.2. The Kier molecular flexibility index (Phi) is 5.63. The van der Waals surface area contributed by atoms with Crippen molar-refractivity contribution in [2.24, 2.45) is 0 Å². The van der Waals surface area contributed by atoms with Gasteiger partial charge in [0.25, 0.3) is 5.56 Å². The first-order valence-corrected chi connectivity index (χ1v) is 7.71. The van der Waals surface area contributed by atoms with Gasteiger partial charge in [0, 0.05) is 11.1 Å². The van der Waals surface area contributed by atoms with Crippen LogP contribution in [-0.2, 0) is 6.61 Å². The van der Waals surface area contributed by atoms with Crippen LogP contribution in [0.4, 0.5) is 5.82 Å². The summed E-state index contributed by atoms with van der Waals surface area (Å²) in [5.74, 6) is -3.17. The Balaban J connectivity index is 2.80. The van der Waals surface area contributed by atoms with E-state index in [0.29, 0.717) is 17.9 Å². The molecule has 2 aromatic rings. The lowest BCUT2D eigenvalue weighted by molar-refractivity contribution is 0.0695. The molecule has 0 aliphatic rings. The number of H-pyrrole nitrogens is 1. The number of aromatic amines is 1. The number of aliphatic hydroxyl groups excluding tert-OH is 1. The Morgan fingerprint density at radius 3 is 2.38 bits per heavy atom. The molecule has 0 saturated heterocycles. The molecule has 1 aromatic carbocycles. The number of rotatable bonds is 7. The highest BCUT2D eigenvalue weighted by molar-refractivity contribution is 6.07. The van der Waals surface area contributed by atoms with Crippen molar-refractivity contribution in [3.8, 4) is 16.9 Å². The molecule has 138 valence electrons. The number of aliphatic hydroxyl groups is 1. The van der Waals surface area contributed by atoms with Crippen molar-refractivity contribution < 1.29 is 29.6 Å². The molecule has 2 rings (SSSR count). The molecule has 0 fully saturated rings. The van der Waals surface area contributed by atoms with Crippen molar-refractivity contribution in [1.82, 2.24) is 4.98 Å². The Morgan fingerprint density at radius 1 is 1.19 bits per heavy atom. The highest BCUT2D eigenvalue weighted by Gasteiger charge is 2.27. The largest absolute Gasteiger partial charge is 0.493 e. The fourth-order valence-corrected chi connectivity index (χ4v) is 2.55. The Morgan fingerprint density at radius 2 is 1.85 bits per heavy atom. The third-order valence-corrected chi connectivity index (χ3v) is 3.65. The Bertz CT molecular complexity index is 918. The molecular weight excluding hydrogens is 344 g/mol. The lowest BCUT2D eigenvalue weighted by Crippen LogP contribution is -2.24. The number of anilines is 1. The van der Waals surface area contributed by atoms with Crippen LogP contribution in [0.1, 0.15) is 39.6 Å². The molecule has 0 aliphatic carbocycles. The monoisotopic (exact) mass is 362 g/mol. The molecule has 0 atom stereocenters. The van der Waals surface area contributed by atoms with Gasteiger partial charge in [0.2, 0.25) is 0 Å². The van der Waals surface area contributed by atoms with Crippen molar-refractivity contribution in [2.75, 3.05) is 12.3 Å². The highest BCUT2D eigenvalue weighted by Crippen LogP contribution is 2.32. The highest BCUT2D eigenvalue weighted by atomic mass is 16.5. The van der Waals surface area contributed by atoms with Gasteiger partial charge in [-0.25, -0.2) is 9.59 Å². The third-order valence-electron chi connectivity index (χ3n) is 3.65. The zero-order chi connectivity index (χ0) is 19.4. The summed E-state index contributed by atoms with van der Waals surface area (Å²) >= 11 is 0. The number of nitrogens with two attached hydrogens (primary N) is 1. The maximum atomic E-state index is 12.0. The van der Waals surface area contributed by atoms with E-state index in [9.17, 15) is 29.7 Å². The van der Waals surface area contributed by atoms with Gasteiger partial charge >= 0.3 is 11.9 Å². The standard InChI is InChI=1S/C17H18N2O7/c1-2-5-26-10-4-3-8(6-9(10)7-20)11-12(16(22)23)14(18)19-15(21)13(11)17(24)25/h3-4,6,20H,2,5,7H2,1H3,(H,22,23)(H,24,25)(H3,18,19,21). The second-order valence-corrected chi connectivity index (χ2v) is 5.43. The van der Waals surface area contributed by atoms with E-state index in [1.54, 1.807) is 0 Å². The average Bonchev–Trinajstić information content (AvgIpc) is 2.58. The van der Waals surface area contributed by atoms with Crippen LogP contribution in [0.15, 0.2) is 23.0 Å². The number of ether oxygens (including phenoxy) is 1. The van der Waals surface area contributed by atoms with Crippen LogP contribution in [0.3, 0.4) is 0 Å². The van der Waals surface area contributed by atoms with Gasteiger partial charge in [-0.15, -0.1) is 0 Å². The second kappa shape index (κ2) is 7.70. The van der Waals surface area contributed by atoms with Gasteiger partial charge in [-0.05, 0) is 24.1 Å². The molecule has 0 radical (unpaired) electrons. The minimum atomic E-state index is -1.60. The predicted octanol–water partition coefficient (Wildman–Crippen LogP) is 1.30. The lowest BCUT2D eigenvalue weighted by Gasteiger charge is -2.15. The smallest absolute Gasteiger partial charge is 0.342 e. The number of hydrogen-bond donors (Lipinski definition) is 5. The average molecular weight is 362 g/mol. The van der Waals surface area contributed by atoms with Gasteiger partial charge in [-0.1, -0.05) is 13.0 Å². The van der Waals surface area contributed by atoms with Crippen molar-refractivity contribution in [3.05, 3.63) is 45.2 Å². The number of aromatic carboxylic acids is 2. The SMILES string of the molecule is CCCOc1ccc(-c2c(C(=O)O)c(N)[nH]c(=O)c2C(=O)O)cc1CO. The van der Waals surface area contributed by atoms with Gasteiger partial charge in [-0.3, -0.25) is 4.79 Å². The molecule has 0 saturated carbocycles. The van der Waals surface area contributed by atoms with Crippen LogP contribution < -0.4 is 16.0 Å². The van der Waals surface area contributed by atoms with E-state index in [-0.39, 0.29) is 11.1 Å². The topological polar surface area (TPSA) is 163 Å². The summed E-state index contributed by atoms with van der Waals surface area (Å²) in [6, 6.07) is 4.26. The predicted molar refractivity (Wildman–Crippen MR) is 92.5 cm³/mol. The molecule has 0 spiro atoms. The number of nitrogen functional groups attached to an aromatic ring is 1. The summed E-state index contributed by atoms with van der Waals surface area (Å²) in [6.45, 7) is 1.89. The van der Waals surface area contributed by atoms with Crippen LogP contribution in [0.2, 0.25) is 0 Å². The number of carbonyl (C=O) groups is 2. The van der Waals surface area contributed by atoms with Crippen molar-refractivity contribution in [3.63, 3.8) is 0 Å². The Hall–Kier alpha value is -3.33. The van der Waals surface area contributed by atoms with Crippen LogP contribution in [-0.4, -0.2) is 38.8 Å². The maximum absolute atomic E-state index is 12.0. The number of nitrogens with one attached hydrogen (secondary N) is 1. The number of benzene rings is 1. The van der Waals surface area contributed by atoms with Gasteiger partial charge in [0.15, 0.2) is 0 Å². The van der Waals surface area contributed by atoms with Crippen molar-refractivity contribution >= 4 is 17.8 Å². The second-order valence-electron chi connectivity index (χ2n) is 5.43. The molecule has 26 heavy (non-hydrogen) atoms. The summed E-state index contributed by atoms with van der Waals surface area (Å²) in [6.07, 6.45) is 0.740.